The molecule has 1 fully saturated rings. The summed E-state index contributed by atoms with van der Waals surface area (Å²) in [7, 11) is 0. The predicted molar refractivity (Wildman–Crippen MR) is 72.7 cm³/mol. The zero-order chi connectivity index (χ0) is 15.8. The first-order chi connectivity index (χ1) is 9.57. The Morgan fingerprint density at radius 1 is 1.29 bits per heavy atom. The molecule has 0 aliphatic carbocycles. The highest BCUT2D eigenvalue weighted by molar-refractivity contribution is 5.80. The van der Waals surface area contributed by atoms with E-state index >= 15 is 0 Å². The van der Waals surface area contributed by atoms with Gasteiger partial charge < -0.3 is 10.2 Å². The summed E-state index contributed by atoms with van der Waals surface area (Å²) in [6.07, 6.45) is -4.21. The molecular weight excluding hydrogens is 283 g/mol. The van der Waals surface area contributed by atoms with Crippen LogP contribution in [0.3, 0.4) is 0 Å². The van der Waals surface area contributed by atoms with Crippen LogP contribution < -0.4 is 5.32 Å². The van der Waals surface area contributed by atoms with Crippen LogP contribution in [-0.2, 0) is 11.0 Å². The van der Waals surface area contributed by atoms with Gasteiger partial charge in [0.25, 0.3) is 0 Å². The summed E-state index contributed by atoms with van der Waals surface area (Å²) in [5.74, 6) is 0.130. The molecule has 2 rings (SSSR count). The number of hydrogen-bond donors (Lipinski definition) is 1. The second-order valence-electron chi connectivity index (χ2n) is 6.13. The third-order valence-electron chi connectivity index (χ3n) is 3.33. The highest BCUT2D eigenvalue weighted by Gasteiger charge is 2.37. The van der Waals surface area contributed by atoms with Gasteiger partial charge in [0.05, 0.1) is 6.04 Å². The lowest BCUT2D eigenvalue weighted by Gasteiger charge is -2.32. The topological polar surface area (TPSA) is 45.2 Å². The first kappa shape index (κ1) is 15.6. The van der Waals surface area contributed by atoms with E-state index in [4.69, 9.17) is 0 Å². The van der Waals surface area contributed by atoms with E-state index in [1.54, 1.807) is 4.90 Å². The maximum Gasteiger partial charge on any atom is 0.433 e. The number of alkyl halides is 3. The summed E-state index contributed by atoms with van der Waals surface area (Å²) in [6, 6.07) is 3.47. The molecule has 0 bridgehead atoms. The van der Waals surface area contributed by atoms with Crippen LogP contribution in [-0.4, -0.2) is 33.9 Å². The molecule has 1 aliphatic heterocycles. The summed E-state index contributed by atoms with van der Waals surface area (Å²) in [4.78, 5) is 17.2. The van der Waals surface area contributed by atoms with Crippen molar-refractivity contribution < 1.29 is 18.0 Å². The fraction of sp³-hybridized carbons (Fsp3) is 0.571. The average molecular weight is 301 g/mol. The molecule has 116 valence electrons. The van der Waals surface area contributed by atoms with Gasteiger partial charge in [0.1, 0.15) is 11.5 Å². The summed E-state index contributed by atoms with van der Waals surface area (Å²) >= 11 is 0. The maximum atomic E-state index is 12.6. The van der Waals surface area contributed by atoms with Crippen LogP contribution in [0.25, 0.3) is 0 Å². The van der Waals surface area contributed by atoms with Gasteiger partial charge in [-0.25, -0.2) is 4.98 Å². The summed E-state index contributed by atoms with van der Waals surface area (Å²) in [5.41, 5.74) is -1.24. The number of rotatable bonds is 2. The largest absolute Gasteiger partial charge is 0.433 e. The Morgan fingerprint density at radius 3 is 2.48 bits per heavy atom. The molecular formula is C14H18F3N3O. The molecule has 1 aliphatic rings. The Morgan fingerprint density at radius 2 is 1.95 bits per heavy atom. The molecule has 1 unspecified atom stereocenters. The number of halogens is 3. The monoisotopic (exact) mass is 301 g/mol. The molecule has 1 amide bonds. The van der Waals surface area contributed by atoms with E-state index < -0.39 is 11.9 Å². The Bertz CT molecular complexity index is 537. The van der Waals surface area contributed by atoms with Gasteiger partial charge in [-0.2, -0.15) is 13.2 Å². The number of pyridine rings is 1. The highest BCUT2D eigenvalue weighted by Crippen LogP contribution is 2.29. The number of amides is 1. The van der Waals surface area contributed by atoms with Gasteiger partial charge in [0.15, 0.2) is 0 Å². The molecule has 0 spiro atoms. The summed E-state index contributed by atoms with van der Waals surface area (Å²) < 4.78 is 37.8. The number of anilines is 1. The van der Waals surface area contributed by atoms with Crippen molar-refractivity contribution in [1.29, 1.82) is 0 Å². The zero-order valence-corrected chi connectivity index (χ0v) is 12.2. The van der Waals surface area contributed by atoms with E-state index in [-0.39, 0.29) is 29.7 Å². The Labute approximate surface area is 121 Å². The number of carbonyl (C=O) groups excluding carboxylic acids is 1. The molecule has 1 N–H and O–H groups in total. The maximum absolute atomic E-state index is 12.6. The molecule has 1 atom stereocenters. The number of aromatic nitrogens is 1. The van der Waals surface area contributed by atoms with Crippen molar-refractivity contribution in [2.45, 2.75) is 44.9 Å². The minimum absolute atomic E-state index is 0.00743. The van der Waals surface area contributed by atoms with Crippen LogP contribution in [0.5, 0.6) is 0 Å². The van der Waals surface area contributed by atoms with Gasteiger partial charge in [-0.1, -0.05) is 6.07 Å². The fourth-order valence-corrected chi connectivity index (χ4v) is 2.33. The van der Waals surface area contributed by atoms with Crippen molar-refractivity contribution in [3.8, 4) is 0 Å². The third kappa shape index (κ3) is 3.65. The number of likely N-dealkylation sites (tertiary alicyclic amines) is 1. The van der Waals surface area contributed by atoms with E-state index in [0.29, 0.717) is 6.54 Å². The molecule has 1 aromatic heterocycles. The standard InChI is InChI=1S/C14H18F3N3O/c1-13(2,3)20-8-9(7-12(20)21)18-11-6-4-5-10(19-11)14(15,16)17/h4-6,9H,7-8H2,1-3H3,(H,18,19). The first-order valence-corrected chi connectivity index (χ1v) is 6.68. The summed E-state index contributed by atoms with van der Waals surface area (Å²) in [6.45, 7) is 6.24. The van der Waals surface area contributed by atoms with Gasteiger partial charge in [-0.05, 0) is 32.9 Å². The quantitative estimate of drug-likeness (QED) is 0.913. The molecule has 1 aromatic rings. The Balaban J connectivity index is 2.09. The lowest BCUT2D eigenvalue weighted by Crippen LogP contribution is -2.43. The van der Waals surface area contributed by atoms with Crippen LogP contribution >= 0.6 is 0 Å². The van der Waals surface area contributed by atoms with Crippen molar-refractivity contribution in [2.24, 2.45) is 0 Å². The molecule has 0 aromatic carbocycles. The molecule has 1 saturated heterocycles. The number of nitrogens with one attached hydrogen (secondary N) is 1. The average Bonchev–Trinajstić information content (AvgIpc) is 2.69. The van der Waals surface area contributed by atoms with Crippen LogP contribution in [0.1, 0.15) is 32.9 Å². The minimum Gasteiger partial charge on any atom is -0.365 e. The minimum atomic E-state index is -4.47. The van der Waals surface area contributed by atoms with E-state index in [2.05, 4.69) is 10.3 Å². The third-order valence-corrected chi connectivity index (χ3v) is 3.33. The molecule has 2 heterocycles. The van der Waals surface area contributed by atoms with Crippen molar-refractivity contribution in [2.75, 3.05) is 11.9 Å². The van der Waals surface area contributed by atoms with E-state index in [0.717, 1.165) is 6.07 Å². The summed E-state index contributed by atoms with van der Waals surface area (Å²) in [5, 5.41) is 2.91. The number of hydrogen-bond acceptors (Lipinski definition) is 3. The van der Waals surface area contributed by atoms with Gasteiger partial charge in [-0.15, -0.1) is 0 Å². The van der Waals surface area contributed by atoms with Crippen LogP contribution in [0.15, 0.2) is 18.2 Å². The lowest BCUT2D eigenvalue weighted by atomic mass is 10.1. The lowest BCUT2D eigenvalue weighted by molar-refractivity contribution is -0.141. The van der Waals surface area contributed by atoms with Gasteiger partial charge in [-0.3, -0.25) is 4.79 Å². The highest BCUT2D eigenvalue weighted by atomic mass is 19.4. The van der Waals surface area contributed by atoms with E-state index in [9.17, 15) is 18.0 Å². The van der Waals surface area contributed by atoms with Crippen molar-refractivity contribution in [3.63, 3.8) is 0 Å². The molecule has 0 saturated carbocycles. The molecule has 21 heavy (non-hydrogen) atoms. The Kier molecular flexibility index (Phi) is 3.86. The van der Waals surface area contributed by atoms with Crippen LogP contribution in [0.4, 0.5) is 19.0 Å². The second kappa shape index (κ2) is 5.20. The smallest absolute Gasteiger partial charge is 0.365 e. The molecule has 0 radical (unpaired) electrons. The predicted octanol–water partition coefficient (Wildman–Crippen LogP) is 2.91. The van der Waals surface area contributed by atoms with Crippen molar-refractivity contribution in [3.05, 3.63) is 23.9 Å². The number of carbonyl (C=O) groups is 1. The first-order valence-electron chi connectivity index (χ1n) is 6.68. The van der Waals surface area contributed by atoms with Gasteiger partial charge in [0, 0.05) is 18.5 Å². The van der Waals surface area contributed by atoms with Crippen molar-refractivity contribution in [1.82, 2.24) is 9.88 Å². The molecule has 7 heteroatoms. The van der Waals surface area contributed by atoms with Gasteiger partial charge >= 0.3 is 6.18 Å². The van der Waals surface area contributed by atoms with E-state index in [1.807, 2.05) is 20.8 Å². The number of nitrogens with zero attached hydrogens (tertiary/aromatic N) is 2. The van der Waals surface area contributed by atoms with Gasteiger partial charge in [0.2, 0.25) is 5.91 Å². The SMILES string of the molecule is CC(C)(C)N1CC(Nc2cccc(C(F)(F)F)n2)CC1=O. The molecule has 4 nitrogen and oxygen atoms in total. The normalized spacial score (nSPS) is 20.0. The van der Waals surface area contributed by atoms with Crippen LogP contribution in [0.2, 0.25) is 0 Å². The van der Waals surface area contributed by atoms with E-state index in [1.165, 1.54) is 12.1 Å². The van der Waals surface area contributed by atoms with Crippen LogP contribution in [0, 0.1) is 0 Å². The Hall–Kier alpha value is -1.79. The zero-order valence-electron chi connectivity index (χ0n) is 12.2. The second-order valence-corrected chi connectivity index (χ2v) is 6.13. The van der Waals surface area contributed by atoms with Crippen molar-refractivity contribution >= 4 is 11.7 Å². The fourth-order valence-electron chi connectivity index (χ4n) is 2.33.